The summed E-state index contributed by atoms with van der Waals surface area (Å²) in [5, 5.41) is 15.1. The van der Waals surface area contributed by atoms with Crippen LogP contribution in [-0.4, -0.2) is 47.1 Å². The second-order valence-corrected chi connectivity index (χ2v) is 13.9. The minimum atomic E-state index is -0.844. The molecule has 4 aromatic carbocycles. The molecule has 0 unspecified atom stereocenters. The fraction of sp³-hybridized carbons (Fsp3) is 0.270. The van der Waals surface area contributed by atoms with E-state index in [0.717, 1.165) is 36.8 Å². The van der Waals surface area contributed by atoms with E-state index in [9.17, 15) is 14.7 Å². The zero-order valence-electron chi connectivity index (χ0n) is 26.6. The number of carbonyl (C=O) groups is 2. The van der Waals surface area contributed by atoms with Crippen LogP contribution in [0.3, 0.4) is 0 Å². The summed E-state index contributed by atoms with van der Waals surface area (Å²) in [6, 6.07) is 31.3. The topological polar surface area (TPSA) is 119 Å². The summed E-state index contributed by atoms with van der Waals surface area (Å²) in [6.45, 7) is 2.11. The molecule has 9 nitrogen and oxygen atoms in total. The summed E-state index contributed by atoms with van der Waals surface area (Å²) in [5.74, 6) is 0.198. The van der Waals surface area contributed by atoms with Crippen LogP contribution in [0.25, 0.3) is 10.2 Å². The molecule has 2 amide bonds. The van der Waals surface area contributed by atoms with Crippen molar-refractivity contribution in [1.29, 1.82) is 0 Å². The third-order valence-electron chi connectivity index (χ3n) is 8.28. The minimum Gasteiger partial charge on any atom is -0.467 e. The molecule has 6 rings (SSSR count). The van der Waals surface area contributed by atoms with E-state index in [4.69, 9.17) is 19.2 Å². The van der Waals surface area contributed by atoms with Gasteiger partial charge in [0.05, 0.1) is 36.1 Å². The first-order valence-corrected chi connectivity index (χ1v) is 17.5. The monoisotopic (exact) mass is 683 g/mol. The largest absolute Gasteiger partial charge is 0.467 e. The number of aliphatic hydroxyl groups is 1. The number of para-hydroxylation sites is 1. The number of benzene rings is 4. The van der Waals surface area contributed by atoms with Crippen molar-refractivity contribution in [3.63, 3.8) is 0 Å². The molecule has 5 aromatic rings. The summed E-state index contributed by atoms with van der Waals surface area (Å²) < 4.78 is 20.2. The van der Waals surface area contributed by atoms with Crippen molar-refractivity contribution in [1.82, 2.24) is 10.3 Å². The number of carbonyl (C=O) groups excluding carboxylic acids is 2. The first kappa shape index (κ1) is 33.6. The summed E-state index contributed by atoms with van der Waals surface area (Å²) >= 11 is 3.36. The Hall–Kier alpha value is -4.26. The van der Waals surface area contributed by atoms with E-state index in [0.29, 0.717) is 17.9 Å². The van der Waals surface area contributed by atoms with E-state index in [-0.39, 0.29) is 24.7 Å². The molecule has 1 saturated heterocycles. The second kappa shape index (κ2) is 15.8. The Morgan fingerprint density at radius 1 is 0.917 bits per heavy atom. The van der Waals surface area contributed by atoms with E-state index in [2.05, 4.69) is 23.6 Å². The number of ether oxygens (including phenoxy) is 3. The van der Waals surface area contributed by atoms with E-state index < -0.39 is 24.3 Å². The molecular weight excluding hydrogens is 647 g/mol. The highest BCUT2D eigenvalue weighted by atomic mass is 32.2. The lowest BCUT2D eigenvalue weighted by atomic mass is 9.91. The fourth-order valence-electron chi connectivity index (χ4n) is 5.61. The number of methoxy groups -OCH3 is 1. The number of rotatable bonds is 11. The molecule has 0 bridgehead atoms. The molecule has 1 aliphatic rings. The van der Waals surface area contributed by atoms with Gasteiger partial charge >= 0.3 is 12.0 Å². The molecule has 11 heteroatoms. The Labute approximate surface area is 287 Å². The Kier molecular flexibility index (Phi) is 11.0. The average molecular weight is 684 g/mol. The Bertz CT molecular complexity index is 1780. The number of aliphatic hydroxyl groups excluding tert-OH is 1. The summed E-state index contributed by atoms with van der Waals surface area (Å²) in [6.07, 6.45) is -0.744. The number of nitrogens with one attached hydrogen (secondary N) is 2. The number of amides is 2. The van der Waals surface area contributed by atoms with Crippen LogP contribution in [0.2, 0.25) is 0 Å². The van der Waals surface area contributed by atoms with Crippen LogP contribution in [0.4, 0.5) is 10.5 Å². The number of esters is 1. The van der Waals surface area contributed by atoms with Gasteiger partial charge in [-0.25, -0.2) is 14.6 Å². The number of urea groups is 1. The first-order valence-electron chi connectivity index (χ1n) is 15.7. The van der Waals surface area contributed by atoms with Gasteiger partial charge in [-0.15, -0.1) is 11.3 Å². The molecular formula is C37H37N3O6S2. The molecule has 1 aromatic heterocycles. The van der Waals surface area contributed by atoms with Crippen molar-refractivity contribution in [2.75, 3.05) is 18.2 Å². The maximum absolute atomic E-state index is 12.9. The molecule has 1 aliphatic heterocycles. The standard InChI is InChI=1S/C37H37N3O6S2/c1-23-31(22-47-37-40-29-10-6-7-11-32(29)48-37)45-35(46-33(23)26-14-12-25(21-41)13-15-26)27-16-18-28(19-17-27)38-36(43)39-30(34(42)44-2)20-24-8-4-3-5-9-24/h3-19,23,30-31,33,35,41H,20-22H2,1-2H3,(H2,38,39,43)/t23-,30+,31+,33+,35+/m1/s1. The molecule has 2 heterocycles. The molecule has 0 radical (unpaired) electrons. The van der Waals surface area contributed by atoms with Crippen molar-refractivity contribution >= 4 is 51.0 Å². The van der Waals surface area contributed by atoms with Crippen LogP contribution in [-0.2, 0) is 32.0 Å². The number of fused-ring (bicyclic) bond motifs is 1. The van der Waals surface area contributed by atoms with E-state index >= 15 is 0 Å². The average Bonchev–Trinajstić information content (AvgIpc) is 3.54. The molecule has 248 valence electrons. The normalized spacial score (nSPS) is 19.8. The summed E-state index contributed by atoms with van der Waals surface area (Å²) in [4.78, 5) is 30.1. The van der Waals surface area contributed by atoms with Gasteiger partial charge in [-0.3, -0.25) is 0 Å². The van der Waals surface area contributed by atoms with Gasteiger partial charge in [-0.1, -0.05) is 97.5 Å². The number of hydrogen-bond acceptors (Lipinski definition) is 9. The molecule has 3 N–H and O–H groups in total. The lowest BCUT2D eigenvalue weighted by molar-refractivity contribution is -0.268. The second-order valence-electron chi connectivity index (χ2n) is 11.6. The summed E-state index contributed by atoms with van der Waals surface area (Å²) in [7, 11) is 1.30. The molecule has 5 atom stereocenters. The number of anilines is 1. The van der Waals surface area contributed by atoms with Crippen molar-refractivity contribution in [3.8, 4) is 0 Å². The van der Waals surface area contributed by atoms with E-state index in [1.165, 1.54) is 7.11 Å². The first-order chi connectivity index (χ1) is 23.4. The van der Waals surface area contributed by atoms with Crippen LogP contribution in [0.15, 0.2) is 107 Å². The predicted octanol–water partition coefficient (Wildman–Crippen LogP) is 7.28. The number of thioether (sulfide) groups is 1. The van der Waals surface area contributed by atoms with Crippen LogP contribution < -0.4 is 10.6 Å². The third-order valence-corrected chi connectivity index (χ3v) is 10.6. The van der Waals surface area contributed by atoms with Gasteiger partial charge in [-0.2, -0.15) is 0 Å². The van der Waals surface area contributed by atoms with E-state index in [1.54, 1.807) is 35.2 Å². The summed E-state index contributed by atoms with van der Waals surface area (Å²) in [5.41, 5.74) is 5.08. The minimum absolute atomic E-state index is 0.0245. The van der Waals surface area contributed by atoms with Gasteiger partial charge in [0.1, 0.15) is 6.04 Å². The molecule has 48 heavy (non-hydrogen) atoms. The number of thiazole rings is 1. The zero-order chi connectivity index (χ0) is 33.5. The van der Waals surface area contributed by atoms with Crippen molar-refractivity contribution < 1.29 is 28.9 Å². The predicted molar refractivity (Wildman–Crippen MR) is 188 cm³/mol. The van der Waals surface area contributed by atoms with Crippen LogP contribution >= 0.6 is 23.1 Å². The van der Waals surface area contributed by atoms with Gasteiger partial charge < -0.3 is 30.0 Å². The Balaban J connectivity index is 1.15. The maximum Gasteiger partial charge on any atom is 0.328 e. The van der Waals surface area contributed by atoms with Crippen molar-refractivity contribution in [2.45, 2.75) is 48.8 Å². The highest BCUT2D eigenvalue weighted by molar-refractivity contribution is 8.01. The molecule has 1 fully saturated rings. The smallest absolute Gasteiger partial charge is 0.328 e. The number of hydrogen-bond donors (Lipinski definition) is 3. The van der Waals surface area contributed by atoms with Gasteiger partial charge in [0.15, 0.2) is 10.6 Å². The quantitative estimate of drug-likeness (QED) is 0.0983. The van der Waals surface area contributed by atoms with Gasteiger partial charge in [0.25, 0.3) is 0 Å². The molecule has 0 spiro atoms. The van der Waals surface area contributed by atoms with Crippen LogP contribution in [0.1, 0.15) is 41.6 Å². The lowest BCUT2D eigenvalue weighted by Gasteiger charge is -2.41. The highest BCUT2D eigenvalue weighted by Gasteiger charge is 2.38. The van der Waals surface area contributed by atoms with Crippen molar-refractivity contribution in [3.05, 3.63) is 125 Å². The van der Waals surface area contributed by atoms with Gasteiger partial charge in [-0.05, 0) is 41.0 Å². The van der Waals surface area contributed by atoms with Crippen LogP contribution in [0, 0.1) is 5.92 Å². The van der Waals surface area contributed by atoms with E-state index in [1.807, 2.05) is 84.9 Å². The van der Waals surface area contributed by atoms with Gasteiger partial charge in [0.2, 0.25) is 0 Å². The third kappa shape index (κ3) is 8.23. The Morgan fingerprint density at radius 3 is 2.33 bits per heavy atom. The van der Waals surface area contributed by atoms with Gasteiger partial charge in [0, 0.05) is 29.3 Å². The maximum atomic E-state index is 12.9. The van der Waals surface area contributed by atoms with Crippen molar-refractivity contribution in [2.24, 2.45) is 5.92 Å². The SMILES string of the molecule is COC(=O)[C@H](Cc1ccccc1)NC(=O)Nc1ccc([C@H]2O[C@@H](CSc3nc4ccccc4s3)[C@@H](C)[C@@H](c3ccc(CO)cc3)O2)cc1. The molecule has 0 saturated carbocycles. The fourth-order valence-corrected chi connectivity index (χ4v) is 7.87. The zero-order valence-corrected chi connectivity index (χ0v) is 28.2. The Morgan fingerprint density at radius 2 is 1.62 bits per heavy atom. The highest BCUT2D eigenvalue weighted by Crippen LogP contribution is 2.43. The van der Waals surface area contributed by atoms with Crippen LogP contribution in [0.5, 0.6) is 0 Å². The number of aromatic nitrogens is 1. The lowest BCUT2D eigenvalue weighted by Crippen LogP contribution is -2.45. The molecule has 0 aliphatic carbocycles. The number of nitrogens with zero attached hydrogens (tertiary/aromatic N) is 1.